The summed E-state index contributed by atoms with van der Waals surface area (Å²) in [6, 6.07) is 4.41. The number of Topliss-reactive ketones (excluding diaryl/α,β-unsaturated/α-hetero) is 1. The molecule has 0 radical (unpaired) electrons. The van der Waals surface area contributed by atoms with Crippen molar-refractivity contribution in [3.8, 4) is 0 Å². The van der Waals surface area contributed by atoms with Crippen molar-refractivity contribution in [3.05, 3.63) is 28.2 Å². The van der Waals surface area contributed by atoms with Gasteiger partial charge in [0.2, 0.25) is 0 Å². The Labute approximate surface area is 104 Å². The molecule has 0 bridgehead atoms. The molecule has 1 aromatic carbocycles. The van der Waals surface area contributed by atoms with Crippen LogP contribution in [0.3, 0.4) is 0 Å². The van der Waals surface area contributed by atoms with E-state index in [0.717, 1.165) is 0 Å². The van der Waals surface area contributed by atoms with Gasteiger partial charge in [-0.3, -0.25) is 4.79 Å². The third-order valence-corrected chi connectivity index (χ3v) is 2.45. The maximum atomic E-state index is 11.8. The topological polar surface area (TPSA) is 52.3 Å². The van der Waals surface area contributed by atoms with Gasteiger partial charge in [0.1, 0.15) is 13.2 Å². The van der Waals surface area contributed by atoms with Crippen LogP contribution in [0, 0.1) is 0 Å². The van der Waals surface area contributed by atoms with E-state index in [1.807, 2.05) is 0 Å². The van der Waals surface area contributed by atoms with Gasteiger partial charge in [-0.1, -0.05) is 0 Å². The zero-order chi connectivity index (χ0) is 13.1. The minimum atomic E-state index is -4.43. The first-order valence-corrected chi connectivity index (χ1v) is 5.31. The molecule has 94 valence electrons. The second-order valence-corrected chi connectivity index (χ2v) is 4.12. The number of halogens is 4. The van der Waals surface area contributed by atoms with Gasteiger partial charge < -0.3 is 10.5 Å². The number of nitrogens with two attached hydrogens (primary N) is 1. The molecule has 0 aliphatic carbocycles. The number of rotatable bonds is 4. The van der Waals surface area contributed by atoms with Gasteiger partial charge in [0.25, 0.3) is 0 Å². The van der Waals surface area contributed by atoms with Crippen LogP contribution in [0.15, 0.2) is 22.7 Å². The number of ketones is 1. The third kappa shape index (κ3) is 4.74. The lowest BCUT2D eigenvalue weighted by Gasteiger charge is -2.08. The standard InChI is InChI=1S/C10H9BrF3NO2/c11-8-3-6(15)1-2-7(8)9(16)4-17-5-10(12,13)14/h1-3H,4-5,15H2. The number of hydrogen-bond donors (Lipinski definition) is 1. The van der Waals surface area contributed by atoms with Gasteiger partial charge in [0.05, 0.1) is 0 Å². The van der Waals surface area contributed by atoms with E-state index in [2.05, 4.69) is 20.7 Å². The fourth-order valence-electron chi connectivity index (χ4n) is 1.09. The smallest absolute Gasteiger partial charge is 0.399 e. The molecule has 0 aliphatic rings. The molecule has 0 amide bonds. The van der Waals surface area contributed by atoms with Crippen LogP contribution in [-0.2, 0) is 4.74 Å². The van der Waals surface area contributed by atoms with E-state index in [1.54, 1.807) is 0 Å². The summed E-state index contributed by atoms with van der Waals surface area (Å²) in [5, 5.41) is 0. The Balaban J connectivity index is 2.59. The second-order valence-electron chi connectivity index (χ2n) is 3.27. The first kappa shape index (κ1) is 14.0. The highest BCUT2D eigenvalue weighted by Crippen LogP contribution is 2.21. The molecule has 3 nitrogen and oxygen atoms in total. The van der Waals surface area contributed by atoms with E-state index in [1.165, 1.54) is 18.2 Å². The lowest BCUT2D eigenvalue weighted by Crippen LogP contribution is -2.20. The van der Waals surface area contributed by atoms with E-state index < -0.39 is 25.2 Å². The number of carbonyl (C=O) groups is 1. The fourth-order valence-corrected chi connectivity index (χ4v) is 1.71. The van der Waals surface area contributed by atoms with E-state index in [9.17, 15) is 18.0 Å². The zero-order valence-electron chi connectivity index (χ0n) is 8.55. The molecule has 17 heavy (non-hydrogen) atoms. The highest BCUT2D eigenvalue weighted by atomic mass is 79.9. The molecule has 7 heteroatoms. The van der Waals surface area contributed by atoms with Crippen LogP contribution in [0.25, 0.3) is 0 Å². The van der Waals surface area contributed by atoms with Crippen molar-refractivity contribution in [2.24, 2.45) is 0 Å². The second kappa shape index (κ2) is 5.50. The van der Waals surface area contributed by atoms with Crippen molar-refractivity contribution in [1.82, 2.24) is 0 Å². The lowest BCUT2D eigenvalue weighted by molar-refractivity contribution is -0.170. The molecule has 0 fully saturated rings. The van der Waals surface area contributed by atoms with Crippen LogP contribution in [0.5, 0.6) is 0 Å². The number of carbonyl (C=O) groups excluding carboxylic acids is 1. The summed E-state index contributed by atoms with van der Waals surface area (Å²) in [4.78, 5) is 11.5. The molecule has 2 N–H and O–H groups in total. The summed E-state index contributed by atoms with van der Waals surface area (Å²) in [5.74, 6) is -0.541. The molecule has 0 aliphatic heterocycles. The fraction of sp³-hybridized carbons (Fsp3) is 0.300. The van der Waals surface area contributed by atoms with E-state index in [4.69, 9.17) is 5.73 Å². The van der Waals surface area contributed by atoms with Crippen LogP contribution < -0.4 is 5.73 Å². The predicted molar refractivity (Wildman–Crippen MR) is 59.8 cm³/mol. The van der Waals surface area contributed by atoms with E-state index >= 15 is 0 Å². The number of benzene rings is 1. The summed E-state index contributed by atoms with van der Waals surface area (Å²) in [5.41, 5.74) is 6.15. The van der Waals surface area contributed by atoms with Crippen molar-refractivity contribution in [2.75, 3.05) is 18.9 Å². The lowest BCUT2D eigenvalue weighted by atomic mass is 10.1. The van der Waals surface area contributed by atoms with E-state index in [0.29, 0.717) is 10.2 Å². The molecular formula is C10H9BrF3NO2. The molecule has 0 atom stereocenters. The van der Waals surface area contributed by atoms with Gasteiger partial charge in [-0.2, -0.15) is 13.2 Å². The summed E-state index contributed by atoms with van der Waals surface area (Å²) >= 11 is 3.10. The van der Waals surface area contributed by atoms with Gasteiger partial charge in [-0.15, -0.1) is 0 Å². The van der Waals surface area contributed by atoms with Crippen LogP contribution in [-0.4, -0.2) is 25.2 Å². The van der Waals surface area contributed by atoms with Gasteiger partial charge >= 0.3 is 6.18 Å². The SMILES string of the molecule is Nc1ccc(C(=O)COCC(F)(F)F)c(Br)c1. The number of hydrogen-bond acceptors (Lipinski definition) is 3. The first-order chi connectivity index (χ1) is 7.79. The van der Waals surface area contributed by atoms with Crippen LogP contribution in [0.1, 0.15) is 10.4 Å². The van der Waals surface area contributed by atoms with Crippen molar-refractivity contribution < 1.29 is 22.7 Å². The molecule has 1 aromatic rings. The van der Waals surface area contributed by atoms with Crippen LogP contribution >= 0.6 is 15.9 Å². The Morgan fingerprint density at radius 3 is 2.59 bits per heavy atom. The highest BCUT2D eigenvalue weighted by Gasteiger charge is 2.28. The molecule has 0 spiro atoms. The van der Waals surface area contributed by atoms with Crippen LogP contribution in [0.4, 0.5) is 18.9 Å². The molecule has 0 saturated carbocycles. The molecule has 0 aromatic heterocycles. The molecule has 0 heterocycles. The average molecular weight is 312 g/mol. The van der Waals surface area contributed by atoms with Crippen molar-refractivity contribution in [1.29, 1.82) is 0 Å². The molecule has 0 unspecified atom stereocenters. The Morgan fingerprint density at radius 2 is 2.06 bits per heavy atom. The Morgan fingerprint density at radius 1 is 1.41 bits per heavy atom. The Hall–Kier alpha value is -1.08. The van der Waals surface area contributed by atoms with Crippen molar-refractivity contribution in [3.63, 3.8) is 0 Å². The Bertz CT molecular complexity index is 421. The summed E-state index contributed by atoms with van der Waals surface area (Å²) in [7, 11) is 0. The molecule has 1 rings (SSSR count). The van der Waals surface area contributed by atoms with Gasteiger partial charge in [0.15, 0.2) is 5.78 Å². The predicted octanol–water partition coefficient (Wildman–Crippen LogP) is 2.79. The highest BCUT2D eigenvalue weighted by molar-refractivity contribution is 9.10. The number of anilines is 1. The maximum absolute atomic E-state index is 11.8. The van der Waals surface area contributed by atoms with Crippen LogP contribution in [0.2, 0.25) is 0 Å². The zero-order valence-corrected chi connectivity index (χ0v) is 10.1. The van der Waals surface area contributed by atoms with Gasteiger partial charge in [-0.05, 0) is 34.1 Å². The van der Waals surface area contributed by atoms with Crippen molar-refractivity contribution >= 4 is 27.4 Å². The molecular weight excluding hydrogens is 303 g/mol. The maximum Gasteiger partial charge on any atom is 0.411 e. The summed E-state index contributed by atoms with van der Waals surface area (Å²) < 4.78 is 40.0. The average Bonchev–Trinajstić information content (AvgIpc) is 2.15. The minimum absolute atomic E-state index is 0.237. The summed E-state index contributed by atoms with van der Waals surface area (Å²) in [6.07, 6.45) is -4.43. The first-order valence-electron chi connectivity index (χ1n) is 4.52. The van der Waals surface area contributed by atoms with Crippen molar-refractivity contribution in [2.45, 2.75) is 6.18 Å². The summed E-state index contributed by atoms with van der Waals surface area (Å²) in [6.45, 7) is -2.06. The Kier molecular flexibility index (Phi) is 4.53. The number of ether oxygens (including phenoxy) is 1. The quantitative estimate of drug-likeness (QED) is 0.687. The monoisotopic (exact) mass is 311 g/mol. The minimum Gasteiger partial charge on any atom is -0.399 e. The number of alkyl halides is 3. The normalized spacial score (nSPS) is 11.5. The number of nitrogen functional groups attached to an aromatic ring is 1. The van der Waals surface area contributed by atoms with E-state index in [-0.39, 0.29) is 5.56 Å². The third-order valence-electron chi connectivity index (χ3n) is 1.79. The molecule has 0 saturated heterocycles. The van der Waals surface area contributed by atoms with Gasteiger partial charge in [-0.25, -0.2) is 0 Å². The van der Waals surface area contributed by atoms with Gasteiger partial charge in [0, 0.05) is 15.7 Å². The largest absolute Gasteiger partial charge is 0.411 e.